The second kappa shape index (κ2) is 11.3. The average Bonchev–Trinajstić information content (AvgIpc) is 2.82. The van der Waals surface area contributed by atoms with Crippen LogP contribution in [0.3, 0.4) is 0 Å². The number of carbonyl (C=O) groups is 1. The standard InChI is InChI=1S/C24H24FN7O/c1-31(2)24(29-16-26)21-8-9-22(32(17-33)15-19-6-4-11-27-14-19)23(30-21)28-12-10-18-5-3-7-20(25)13-18/h3-9,11,13-14,17H,10,12,15H2,1-2H3,(H,28,30). The lowest BCUT2D eigenvalue weighted by Gasteiger charge is -2.22. The van der Waals surface area contributed by atoms with Gasteiger partial charge in [-0.05, 0) is 47.9 Å². The molecule has 3 aromatic rings. The summed E-state index contributed by atoms with van der Waals surface area (Å²) in [6.07, 6.45) is 6.45. The summed E-state index contributed by atoms with van der Waals surface area (Å²) in [5.41, 5.74) is 2.74. The van der Waals surface area contributed by atoms with Gasteiger partial charge in [-0.1, -0.05) is 18.2 Å². The van der Waals surface area contributed by atoms with Gasteiger partial charge in [-0.25, -0.2) is 9.37 Å². The van der Waals surface area contributed by atoms with Gasteiger partial charge < -0.3 is 15.1 Å². The van der Waals surface area contributed by atoms with Crippen LogP contribution in [0, 0.1) is 17.3 Å². The van der Waals surface area contributed by atoms with Crippen LogP contribution >= 0.6 is 0 Å². The predicted molar refractivity (Wildman–Crippen MR) is 125 cm³/mol. The number of rotatable bonds is 9. The van der Waals surface area contributed by atoms with E-state index >= 15 is 0 Å². The van der Waals surface area contributed by atoms with Crippen LogP contribution in [0.15, 0.2) is 65.9 Å². The van der Waals surface area contributed by atoms with Crippen LogP contribution in [-0.4, -0.2) is 47.8 Å². The number of carbonyl (C=O) groups excluding carboxylic acids is 1. The monoisotopic (exact) mass is 445 g/mol. The molecule has 33 heavy (non-hydrogen) atoms. The highest BCUT2D eigenvalue weighted by atomic mass is 19.1. The molecule has 0 aliphatic carbocycles. The fraction of sp³-hybridized carbons (Fsp3) is 0.208. The molecule has 3 rings (SSSR count). The van der Waals surface area contributed by atoms with Gasteiger partial charge in [0.25, 0.3) is 0 Å². The molecule has 8 nitrogen and oxygen atoms in total. The van der Waals surface area contributed by atoms with Gasteiger partial charge in [-0.15, -0.1) is 0 Å². The summed E-state index contributed by atoms with van der Waals surface area (Å²) < 4.78 is 13.5. The summed E-state index contributed by atoms with van der Waals surface area (Å²) in [7, 11) is 3.53. The van der Waals surface area contributed by atoms with Crippen molar-refractivity contribution in [2.24, 2.45) is 4.99 Å². The maximum Gasteiger partial charge on any atom is 0.214 e. The Morgan fingerprint density at radius 3 is 2.70 bits per heavy atom. The van der Waals surface area contributed by atoms with Crippen LogP contribution in [0.2, 0.25) is 0 Å². The molecular weight excluding hydrogens is 421 g/mol. The first-order valence-corrected chi connectivity index (χ1v) is 10.3. The van der Waals surface area contributed by atoms with Gasteiger partial charge in [0.2, 0.25) is 12.6 Å². The summed E-state index contributed by atoms with van der Waals surface area (Å²) in [6, 6.07) is 13.6. The quantitative estimate of drug-likeness (QED) is 0.235. The third-order valence-corrected chi connectivity index (χ3v) is 4.79. The number of amides is 1. The van der Waals surface area contributed by atoms with Gasteiger partial charge in [-0.3, -0.25) is 9.78 Å². The lowest BCUT2D eigenvalue weighted by molar-refractivity contribution is -0.107. The van der Waals surface area contributed by atoms with Crippen LogP contribution in [0.5, 0.6) is 0 Å². The number of nitrogens with zero attached hydrogens (tertiary/aromatic N) is 6. The Kier molecular flexibility index (Phi) is 8.02. The molecule has 1 aromatic carbocycles. The van der Waals surface area contributed by atoms with Crippen molar-refractivity contribution in [1.29, 1.82) is 5.26 Å². The number of nitriles is 1. The van der Waals surface area contributed by atoms with E-state index in [0.717, 1.165) is 17.5 Å². The van der Waals surface area contributed by atoms with Crippen LogP contribution in [0.4, 0.5) is 15.9 Å². The molecule has 0 bridgehead atoms. The highest BCUT2D eigenvalue weighted by Gasteiger charge is 2.17. The summed E-state index contributed by atoms with van der Waals surface area (Å²) in [4.78, 5) is 27.8. The van der Waals surface area contributed by atoms with Gasteiger partial charge in [0.15, 0.2) is 11.7 Å². The van der Waals surface area contributed by atoms with Crippen LogP contribution in [-0.2, 0) is 17.8 Å². The Labute approximate surface area is 192 Å². The largest absolute Gasteiger partial charge is 0.368 e. The van der Waals surface area contributed by atoms with Crippen molar-refractivity contribution in [2.75, 3.05) is 30.9 Å². The second-order valence-corrected chi connectivity index (χ2v) is 7.40. The highest BCUT2D eigenvalue weighted by Crippen LogP contribution is 2.26. The van der Waals surface area contributed by atoms with Crippen LogP contribution in [0.25, 0.3) is 0 Å². The number of pyridine rings is 2. The van der Waals surface area contributed by atoms with Crippen LogP contribution < -0.4 is 10.2 Å². The number of aliphatic imine (C=N–C) groups is 1. The molecule has 0 aliphatic rings. The van der Waals surface area contributed by atoms with E-state index < -0.39 is 0 Å². The van der Waals surface area contributed by atoms with Gasteiger partial charge in [-0.2, -0.15) is 10.3 Å². The third kappa shape index (κ3) is 6.33. The number of nitrogens with one attached hydrogen (secondary N) is 1. The SMILES string of the molecule is CN(C)C(=NC#N)c1ccc(N(C=O)Cc2cccnc2)c(NCCc2cccc(F)c2)n1. The molecule has 168 valence electrons. The molecule has 2 aromatic heterocycles. The molecule has 0 saturated carbocycles. The number of hydrogen-bond donors (Lipinski definition) is 1. The first-order chi connectivity index (χ1) is 16.0. The van der Waals surface area contributed by atoms with Gasteiger partial charge in [0.1, 0.15) is 11.5 Å². The van der Waals surface area contributed by atoms with Gasteiger partial charge in [0, 0.05) is 33.0 Å². The Bertz CT molecular complexity index is 1160. The van der Waals surface area contributed by atoms with Gasteiger partial charge in [0.05, 0.1) is 12.2 Å². The lowest BCUT2D eigenvalue weighted by Crippen LogP contribution is -2.26. The topological polar surface area (TPSA) is 97.5 Å². The van der Waals surface area contributed by atoms with E-state index in [4.69, 9.17) is 5.26 Å². The number of amidine groups is 1. The van der Waals surface area contributed by atoms with Crippen molar-refractivity contribution in [3.8, 4) is 6.19 Å². The van der Waals surface area contributed by atoms with Crippen molar-refractivity contribution in [2.45, 2.75) is 13.0 Å². The number of anilines is 2. The molecule has 0 atom stereocenters. The molecule has 0 saturated heterocycles. The van der Waals surface area contributed by atoms with E-state index in [0.29, 0.717) is 42.5 Å². The minimum atomic E-state index is -0.291. The van der Waals surface area contributed by atoms with Crippen molar-refractivity contribution in [1.82, 2.24) is 14.9 Å². The Hall–Kier alpha value is -4.32. The molecule has 0 spiro atoms. The highest BCUT2D eigenvalue weighted by molar-refractivity contribution is 5.98. The molecule has 1 N–H and O–H groups in total. The molecule has 2 heterocycles. The minimum absolute atomic E-state index is 0.291. The van der Waals surface area contributed by atoms with Crippen molar-refractivity contribution in [3.05, 3.63) is 83.6 Å². The Morgan fingerprint density at radius 1 is 1.21 bits per heavy atom. The zero-order valence-corrected chi connectivity index (χ0v) is 18.4. The summed E-state index contributed by atoms with van der Waals surface area (Å²) in [5.74, 6) is 0.551. The Balaban J connectivity index is 1.92. The van der Waals surface area contributed by atoms with E-state index in [2.05, 4.69) is 20.3 Å². The van der Waals surface area contributed by atoms with E-state index in [1.54, 1.807) is 61.8 Å². The second-order valence-electron chi connectivity index (χ2n) is 7.40. The molecular formula is C24H24FN7O. The summed E-state index contributed by atoms with van der Waals surface area (Å²) in [5, 5.41) is 12.3. The first-order valence-electron chi connectivity index (χ1n) is 10.3. The number of halogens is 1. The molecule has 0 radical (unpaired) electrons. The van der Waals surface area contributed by atoms with Crippen molar-refractivity contribution in [3.63, 3.8) is 0 Å². The van der Waals surface area contributed by atoms with Crippen molar-refractivity contribution < 1.29 is 9.18 Å². The fourth-order valence-electron chi connectivity index (χ4n) is 3.26. The molecule has 0 aliphatic heterocycles. The van der Waals surface area contributed by atoms with E-state index in [9.17, 15) is 9.18 Å². The number of hydrogen-bond acceptors (Lipinski definition) is 6. The maximum atomic E-state index is 13.5. The average molecular weight is 446 g/mol. The molecule has 1 amide bonds. The first kappa shape index (κ1) is 23.3. The summed E-state index contributed by atoms with van der Waals surface area (Å²) >= 11 is 0. The molecule has 0 fully saturated rings. The van der Waals surface area contributed by atoms with E-state index in [1.807, 2.05) is 12.1 Å². The number of aromatic nitrogens is 2. The predicted octanol–water partition coefficient (Wildman–Crippen LogP) is 3.22. The number of benzene rings is 1. The molecule has 0 unspecified atom stereocenters. The fourth-order valence-corrected chi connectivity index (χ4v) is 3.26. The smallest absolute Gasteiger partial charge is 0.214 e. The normalized spacial score (nSPS) is 10.9. The summed E-state index contributed by atoms with van der Waals surface area (Å²) in [6.45, 7) is 0.767. The maximum absolute atomic E-state index is 13.5. The van der Waals surface area contributed by atoms with E-state index in [-0.39, 0.29) is 5.82 Å². The van der Waals surface area contributed by atoms with Crippen molar-refractivity contribution >= 4 is 23.8 Å². The molecule has 9 heteroatoms. The zero-order valence-electron chi connectivity index (χ0n) is 18.4. The van der Waals surface area contributed by atoms with Crippen LogP contribution in [0.1, 0.15) is 16.8 Å². The van der Waals surface area contributed by atoms with E-state index in [1.165, 1.54) is 17.0 Å². The Morgan fingerprint density at radius 2 is 2.03 bits per heavy atom. The van der Waals surface area contributed by atoms with Gasteiger partial charge >= 0.3 is 0 Å². The minimum Gasteiger partial charge on any atom is -0.368 e. The third-order valence-electron chi connectivity index (χ3n) is 4.79. The lowest BCUT2D eigenvalue weighted by atomic mass is 10.1. The zero-order chi connectivity index (χ0) is 23.6.